The molecular weight excluding hydrogens is 286 g/mol. The number of aromatic nitrogens is 1. The number of halogens is 1. The fraction of sp³-hybridized carbons (Fsp3) is 0. The Kier molecular flexibility index (Phi) is 3.39. The molecule has 2 rings (SSSR count). The molecule has 0 radical (unpaired) electrons. The maximum Gasteiger partial charge on any atom is 0.337 e. The number of pyridine rings is 1. The molecule has 17 heavy (non-hydrogen) atoms. The zero-order valence-corrected chi connectivity index (χ0v) is 10.2. The minimum Gasteiger partial charge on any atom is -0.478 e. The number of hydrogen-bond acceptors (Lipinski definition) is 3. The minimum atomic E-state index is -1.03. The summed E-state index contributed by atoms with van der Waals surface area (Å²) in [4.78, 5) is 14.6. The van der Waals surface area contributed by atoms with E-state index in [0.29, 0.717) is 11.5 Å². The van der Waals surface area contributed by atoms with Crippen LogP contribution >= 0.6 is 15.9 Å². The quantitative estimate of drug-likeness (QED) is 0.943. The van der Waals surface area contributed by atoms with E-state index in [4.69, 9.17) is 9.84 Å². The Morgan fingerprint density at radius 1 is 1.29 bits per heavy atom. The molecule has 0 spiro atoms. The van der Waals surface area contributed by atoms with Crippen molar-refractivity contribution in [1.82, 2.24) is 4.98 Å². The van der Waals surface area contributed by atoms with Gasteiger partial charge in [-0.15, -0.1) is 0 Å². The van der Waals surface area contributed by atoms with E-state index in [1.807, 2.05) is 18.2 Å². The van der Waals surface area contributed by atoms with Crippen LogP contribution in [0.5, 0.6) is 11.5 Å². The van der Waals surface area contributed by atoms with E-state index in [1.54, 1.807) is 6.07 Å². The Bertz CT molecular complexity index is 557. The fourth-order valence-corrected chi connectivity index (χ4v) is 1.61. The van der Waals surface area contributed by atoms with E-state index >= 15 is 0 Å². The van der Waals surface area contributed by atoms with Crippen LogP contribution in [0.15, 0.2) is 47.2 Å². The second-order valence-electron chi connectivity index (χ2n) is 3.25. The van der Waals surface area contributed by atoms with Crippen molar-refractivity contribution in [2.24, 2.45) is 0 Å². The first-order valence-corrected chi connectivity index (χ1v) is 5.57. The van der Waals surface area contributed by atoms with Crippen LogP contribution in [0.1, 0.15) is 10.4 Å². The lowest BCUT2D eigenvalue weighted by molar-refractivity contribution is 0.0696. The standard InChI is InChI=1S/C12H8BrNO3/c13-10-3-1-2-4-11(10)17-9-5-8(12(15)16)6-14-7-9/h1-7H,(H,15,16). The molecule has 0 saturated carbocycles. The average molecular weight is 294 g/mol. The van der Waals surface area contributed by atoms with Gasteiger partial charge in [-0.05, 0) is 34.1 Å². The second-order valence-corrected chi connectivity index (χ2v) is 4.10. The van der Waals surface area contributed by atoms with Gasteiger partial charge in [0.1, 0.15) is 11.5 Å². The lowest BCUT2D eigenvalue weighted by Crippen LogP contribution is -1.97. The molecule has 0 saturated heterocycles. The number of nitrogens with zero attached hydrogens (tertiary/aromatic N) is 1. The van der Waals surface area contributed by atoms with Crippen molar-refractivity contribution in [3.8, 4) is 11.5 Å². The van der Waals surface area contributed by atoms with Crippen molar-refractivity contribution >= 4 is 21.9 Å². The van der Waals surface area contributed by atoms with Crippen molar-refractivity contribution in [2.75, 3.05) is 0 Å². The largest absolute Gasteiger partial charge is 0.478 e. The first kappa shape index (κ1) is 11.6. The molecule has 1 aromatic heterocycles. The molecular formula is C12H8BrNO3. The summed E-state index contributed by atoms with van der Waals surface area (Å²) in [5, 5.41) is 8.83. The van der Waals surface area contributed by atoms with Crippen LogP contribution in [0.2, 0.25) is 0 Å². The van der Waals surface area contributed by atoms with Crippen LogP contribution in [0.25, 0.3) is 0 Å². The molecule has 0 amide bonds. The number of para-hydroxylation sites is 1. The van der Waals surface area contributed by atoms with E-state index in [0.717, 1.165) is 4.47 Å². The van der Waals surface area contributed by atoms with Crippen molar-refractivity contribution in [2.45, 2.75) is 0 Å². The van der Waals surface area contributed by atoms with Crippen LogP contribution in [0.3, 0.4) is 0 Å². The number of aromatic carboxylic acids is 1. The van der Waals surface area contributed by atoms with Gasteiger partial charge in [-0.1, -0.05) is 12.1 Å². The monoisotopic (exact) mass is 293 g/mol. The van der Waals surface area contributed by atoms with Gasteiger partial charge in [0.25, 0.3) is 0 Å². The summed E-state index contributed by atoms with van der Waals surface area (Å²) in [6.07, 6.45) is 2.74. The molecule has 0 aliphatic rings. The predicted octanol–water partition coefficient (Wildman–Crippen LogP) is 3.33. The molecule has 0 fully saturated rings. The molecule has 5 heteroatoms. The summed E-state index contributed by atoms with van der Waals surface area (Å²) in [7, 11) is 0. The van der Waals surface area contributed by atoms with E-state index in [2.05, 4.69) is 20.9 Å². The molecule has 4 nitrogen and oxygen atoms in total. The van der Waals surface area contributed by atoms with Gasteiger partial charge < -0.3 is 9.84 Å². The van der Waals surface area contributed by atoms with Gasteiger partial charge in [-0.2, -0.15) is 0 Å². The molecule has 1 aromatic carbocycles. The molecule has 0 bridgehead atoms. The molecule has 86 valence electrons. The van der Waals surface area contributed by atoms with Crippen LogP contribution in [0.4, 0.5) is 0 Å². The molecule has 1 N–H and O–H groups in total. The summed E-state index contributed by atoms with van der Waals surface area (Å²) in [5.41, 5.74) is 0.0922. The highest BCUT2D eigenvalue weighted by Crippen LogP contribution is 2.28. The molecule has 0 aliphatic heterocycles. The summed E-state index contributed by atoms with van der Waals surface area (Å²) in [5.74, 6) is -0.0382. The molecule has 0 atom stereocenters. The van der Waals surface area contributed by atoms with Crippen LogP contribution in [-0.4, -0.2) is 16.1 Å². The van der Waals surface area contributed by atoms with Gasteiger partial charge in [0, 0.05) is 6.20 Å². The lowest BCUT2D eigenvalue weighted by atomic mass is 10.3. The highest BCUT2D eigenvalue weighted by Gasteiger charge is 2.06. The lowest BCUT2D eigenvalue weighted by Gasteiger charge is -2.07. The van der Waals surface area contributed by atoms with Crippen molar-refractivity contribution < 1.29 is 14.6 Å². The average Bonchev–Trinajstić information content (AvgIpc) is 2.32. The highest BCUT2D eigenvalue weighted by molar-refractivity contribution is 9.10. The van der Waals surface area contributed by atoms with Gasteiger partial charge in [0.2, 0.25) is 0 Å². The van der Waals surface area contributed by atoms with Crippen molar-refractivity contribution in [1.29, 1.82) is 0 Å². The summed E-state index contributed by atoms with van der Waals surface area (Å²) in [6, 6.07) is 8.73. The first-order valence-electron chi connectivity index (χ1n) is 4.77. The zero-order chi connectivity index (χ0) is 12.3. The van der Waals surface area contributed by atoms with Crippen molar-refractivity contribution in [3.63, 3.8) is 0 Å². The summed E-state index contributed by atoms with van der Waals surface area (Å²) in [6.45, 7) is 0. The molecule has 0 unspecified atom stereocenters. The maximum atomic E-state index is 10.8. The number of carboxylic acid groups (broad SMARTS) is 1. The summed E-state index contributed by atoms with van der Waals surface area (Å²) < 4.78 is 6.32. The zero-order valence-electron chi connectivity index (χ0n) is 8.63. The first-order chi connectivity index (χ1) is 8.16. The fourth-order valence-electron chi connectivity index (χ4n) is 1.25. The Labute approximate surface area is 106 Å². The van der Waals surface area contributed by atoms with E-state index in [-0.39, 0.29) is 5.56 Å². The topological polar surface area (TPSA) is 59.4 Å². The number of ether oxygens (including phenoxy) is 1. The third-order valence-corrected chi connectivity index (χ3v) is 2.68. The SMILES string of the molecule is O=C(O)c1cncc(Oc2ccccc2Br)c1. The number of rotatable bonds is 3. The van der Waals surface area contributed by atoms with Gasteiger partial charge in [-0.25, -0.2) is 4.79 Å². The van der Waals surface area contributed by atoms with Gasteiger partial charge in [0.05, 0.1) is 16.2 Å². The molecule has 0 aliphatic carbocycles. The number of carbonyl (C=O) groups is 1. The highest BCUT2D eigenvalue weighted by atomic mass is 79.9. The van der Waals surface area contributed by atoms with Crippen LogP contribution < -0.4 is 4.74 Å². The van der Waals surface area contributed by atoms with Crippen LogP contribution in [-0.2, 0) is 0 Å². The number of benzene rings is 1. The van der Waals surface area contributed by atoms with E-state index < -0.39 is 5.97 Å². The third kappa shape index (κ3) is 2.82. The van der Waals surface area contributed by atoms with Crippen molar-refractivity contribution in [3.05, 3.63) is 52.8 Å². The maximum absolute atomic E-state index is 10.8. The molecule has 1 heterocycles. The van der Waals surface area contributed by atoms with Gasteiger partial charge in [-0.3, -0.25) is 4.98 Å². The molecule has 2 aromatic rings. The Morgan fingerprint density at radius 2 is 2.06 bits per heavy atom. The Hall–Kier alpha value is -1.88. The summed E-state index contributed by atoms with van der Waals surface area (Å²) >= 11 is 3.34. The minimum absolute atomic E-state index is 0.0922. The normalized spacial score (nSPS) is 9.94. The Morgan fingerprint density at radius 3 is 2.76 bits per heavy atom. The number of hydrogen-bond donors (Lipinski definition) is 1. The third-order valence-electron chi connectivity index (χ3n) is 2.02. The van der Waals surface area contributed by atoms with E-state index in [9.17, 15) is 4.79 Å². The predicted molar refractivity (Wildman–Crippen MR) is 65.4 cm³/mol. The Balaban J connectivity index is 2.28. The van der Waals surface area contributed by atoms with E-state index in [1.165, 1.54) is 18.5 Å². The number of carboxylic acids is 1. The van der Waals surface area contributed by atoms with Gasteiger partial charge in [0.15, 0.2) is 0 Å². The van der Waals surface area contributed by atoms with Gasteiger partial charge >= 0.3 is 5.97 Å². The second kappa shape index (κ2) is 4.97. The smallest absolute Gasteiger partial charge is 0.337 e. The van der Waals surface area contributed by atoms with Crippen LogP contribution in [0, 0.1) is 0 Å².